The standard InChI is InChI=1S/C30H57NO6/c32-24-15-13-11-9-7-5-3-1-2-4-6-8-10-12-14-16-25-36-26-17-18-27-37-28-20-23-31-29(33)21-19-22-30(34)35/h24H,1-23,25-28H2,(H,31,33)(H,34,35). The summed E-state index contributed by atoms with van der Waals surface area (Å²) in [5.41, 5.74) is 0. The van der Waals surface area contributed by atoms with Gasteiger partial charge in [-0.3, -0.25) is 9.59 Å². The van der Waals surface area contributed by atoms with Crippen molar-refractivity contribution in [1.82, 2.24) is 5.32 Å². The largest absolute Gasteiger partial charge is 0.481 e. The van der Waals surface area contributed by atoms with E-state index in [2.05, 4.69) is 5.32 Å². The summed E-state index contributed by atoms with van der Waals surface area (Å²) in [4.78, 5) is 32.2. The smallest absolute Gasteiger partial charge is 0.303 e. The van der Waals surface area contributed by atoms with Crippen molar-refractivity contribution >= 4 is 18.2 Å². The number of carboxylic acids is 1. The van der Waals surface area contributed by atoms with Crippen LogP contribution in [0.5, 0.6) is 0 Å². The monoisotopic (exact) mass is 527 g/mol. The van der Waals surface area contributed by atoms with Crippen LogP contribution in [-0.4, -0.2) is 56.2 Å². The van der Waals surface area contributed by atoms with Gasteiger partial charge in [-0.05, 0) is 38.5 Å². The second-order valence-electron chi connectivity index (χ2n) is 10.1. The molecule has 0 aromatic heterocycles. The van der Waals surface area contributed by atoms with E-state index in [0.29, 0.717) is 19.6 Å². The van der Waals surface area contributed by atoms with Crippen molar-refractivity contribution < 1.29 is 29.0 Å². The van der Waals surface area contributed by atoms with Crippen LogP contribution in [0.1, 0.15) is 141 Å². The summed E-state index contributed by atoms with van der Waals surface area (Å²) in [6.45, 7) is 3.59. The van der Waals surface area contributed by atoms with E-state index in [1.807, 2.05) is 0 Å². The number of aldehydes is 1. The van der Waals surface area contributed by atoms with E-state index in [1.165, 1.54) is 83.5 Å². The Hall–Kier alpha value is -1.47. The maximum absolute atomic E-state index is 11.5. The van der Waals surface area contributed by atoms with Gasteiger partial charge in [-0.2, -0.15) is 0 Å². The molecule has 0 aliphatic rings. The van der Waals surface area contributed by atoms with Crippen LogP contribution in [0.4, 0.5) is 0 Å². The molecule has 0 aliphatic heterocycles. The fourth-order valence-corrected chi connectivity index (χ4v) is 4.23. The van der Waals surface area contributed by atoms with Crippen molar-refractivity contribution in [3.05, 3.63) is 0 Å². The summed E-state index contributed by atoms with van der Waals surface area (Å²) in [6.07, 6.45) is 24.9. The average Bonchev–Trinajstić information content (AvgIpc) is 2.88. The first-order valence-electron chi connectivity index (χ1n) is 15.2. The summed E-state index contributed by atoms with van der Waals surface area (Å²) in [7, 11) is 0. The first-order valence-corrected chi connectivity index (χ1v) is 15.2. The lowest BCUT2D eigenvalue weighted by Gasteiger charge is -2.07. The zero-order valence-corrected chi connectivity index (χ0v) is 23.7. The number of unbranched alkanes of at least 4 members (excludes halogenated alkanes) is 16. The normalized spacial score (nSPS) is 11.0. The number of amides is 1. The molecule has 0 bridgehead atoms. The third-order valence-corrected chi connectivity index (χ3v) is 6.52. The summed E-state index contributed by atoms with van der Waals surface area (Å²) >= 11 is 0. The molecule has 218 valence electrons. The Morgan fingerprint density at radius 3 is 1.41 bits per heavy atom. The van der Waals surface area contributed by atoms with Crippen LogP contribution in [0.2, 0.25) is 0 Å². The molecule has 0 saturated carbocycles. The quantitative estimate of drug-likeness (QED) is 0.0743. The van der Waals surface area contributed by atoms with Crippen LogP contribution in [-0.2, 0) is 23.9 Å². The maximum Gasteiger partial charge on any atom is 0.303 e. The Kier molecular flexibility index (Phi) is 29.5. The first-order chi connectivity index (χ1) is 18.2. The number of hydrogen-bond donors (Lipinski definition) is 2. The molecule has 7 nitrogen and oxygen atoms in total. The van der Waals surface area contributed by atoms with E-state index in [-0.39, 0.29) is 18.7 Å². The third-order valence-electron chi connectivity index (χ3n) is 6.52. The molecule has 0 rings (SSSR count). The number of carbonyl (C=O) groups excluding carboxylic acids is 2. The van der Waals surface area contributed by atoms with Gasteiger partial charge in [0.1, 0.15) is 6.29 Å². The van der Waals surface area contributed by atoms with Crippen LogP contribution >= 0.6 is 0 Å². The van der Waals surface area contributed by atoms with Crippen LogP contribution in [0.25, 0.3) is 0 Å². The highest BCUT2D eigenvalue weighted by atomic mass is 16.5. The number of carbonyl (C=O) groups is 3. The van der Waals surface area contributed by atoms with Crippen molar-refractivity contribution in [3.8, 4) is 0 Å². The van der Waals surface area contributed by atoms with Gasteiger partial charge in [0.05, 0.1) is 0 Å². The second-order valence-corrected chi connectivity index (χ2v) is 10.1. The minimum absolute atomic E-state index is 0.0364. The minimum atomic E-state index is -0.864. The summed E-state index contributed by atoms with van der Waals surface area (Å²) in [6, 6.07) is 0. The Morgan fingerprint density at radius 2 is 0.946 bits per heavy atom. The second kappa shape index (κ2) is 30.8. The molecule has 1 amide bonds. The zero-order valence-electron chi connectivity index (χ0n) is 23.7. The molecule has 0 atom stereocenters. The first kappa shape index (κ1) is 35.5. The third kappa shape index (κ3) is 32.5. The lowest BCUT2D eigenvalue weighted by atomic mass is 10.0. The number of rotatable bonds is 31. The Balaban J connectivity index is 3.09. The highest BCUT2D eigenvalue weighted by Gasteiger charge is 2.03. The molecule has 0 heterocycles. The molecule has 7 heteroatoms. The lowest BCUT2D eigenvalue weighted by Crippen LogP contribution is -2.25. The van der Waals surface area contributed by atoms with E-state index >= 15 is 0 Å². The van der Waals surface area contributed by atoms with Crippen LogP contribution in [0, 0.1) is 0 Å². The predicted molar refractivity (Wildman–Crippen MR) is 150 cm³/mol. The van der Waals surface area contributed by atoms with Crippen molar-refractivity contribution in [1.29, 1.82) is 0 Å². The maximum atomic E-state index is 11.5. The van der Waals surface area contributed by atoms with Gasteiger partial charge in [-0.1, -0.05) is 83.5 Å². The van der Waals surface area contributed by atoms with Gasteiger partial charge in [-0.25, -0.2) is 0 Å². The van der Waals surface area contributed by atoms with E-state index in [1.54, 1.807) is 0 Å². The van der Waals surface area contributed by atoms with E-state index in [0.717, 1.165) is 64.6 Å². The average molecular weight is 528 g/mol. The molecule has 2 N–H and O–H groups in total. The summed E-state index contributed by atoms with van der Waals surface area (Å²) in [5, 5.41) is 11.3. The Bertz CT molecular complexity index is 514. The van der Waals surface area contributed by atoms with Crippen LogP contribution in [0.15, 0.2) is 0 Å². The minimum Gasteiger partial charge on any atom is -0.481 e. The van der Waals surface area contributed by atoms with Crippen LogP contribution in [0.3, 0.4) is 0 Å². The molecule has 0 spiro atoms. The Labute approximate surface area is 226 Å². The fraction of sp³-hybridized carbons (Fsp3) is 0.900. The molecular weight excluding hydrogens is 470 g/mol. The summed E-state index contributed by atoms with van der Waals surface area (Å²) < 4.78 is 11.3. The number of nitrogens with one attached hydrogen (secondary N) is 1. The zero-order chi connectivity index (χ0) is 27.1. The lowest BCUT2D eigenvalue weighted by molar-refractivity contribution is -0.137. The number of carboxylic acid groups (broad SMARTS) is 1. The molecule has 0 aromatic carbocycles. The predicted octanol–water partition coefficient (Wildman–Crippen LogP) is 7.00. The molecule has 37 heavy (non-hydrogen) atoms. The van der Waals surface area contributed by atoms with Gasteiger partial charge in [0, 0.05) is 52.2 Å². The molecule has 0 fully saturated rings. The van der Waals surface area contributed by atoms with Crippen molar-refractivity contribution in [2.45, 2.75) is 141 Å². The van der Waals surface area contributed by atoms with Crippen molar-refractivity contribution in [2.24, 2.45) is 0 Å². The molecule has 0 unspecified atom stereocenters. The molecule has 0 aliphatic carbocycles. The van der Waals surface area contributed by atoms with Gasteiger partial charge in [0.2, 0.25) is 5.91 Å². The Morgan fingerprint density at radius 1 is 0.541 bits per heavy atom. The number of ether oxygens (including phenoxy) is 2. The molecule has 0 saturated heterocycles. The van der Waals surface area contributed by atoms with E-state index < -0.39 is 5.97 Å². The highest BCUT2D eigenvalue weighted by molar-refractivity contribution is 5.76. The molecule has 0 aromatic rings. The van der Waals surface area contributed by atoms with Crippen LogP contribution < -0.4 is 5.32 Å². The van der Waals surface area contributed by atoms with Crippen molar-refractivity contribution in [3.63, 3.8) is 0 Å². The highest BCUT2D eigenvalue weighted by Crippen LogP contribution is 2.13. The number of hydrogen-bond acceptors (Lipinski definition) is 5. The topological polar surface area (TPSA) is 102 Å². The van der Waals surface area contributed by atoms with Gasteiger partial charge in [0.15, 0.2) is 0 Å². The fourth-order valence-electron chi connectivity index (χ4n) is 4.23. The number of aliphatic carboxylic acids is 1. The van der Waals surface area contributed by atoms with Gasteiger partial charge < -0.3 is 24.7 Å². The SMILES string of the molecule is O=CCCCCCCCCCCCCCCCCCOCCCCOCCCNC(=O)CCCC(=O)O. The van der Waals surface area contributed by atoms with Crippen molar-refractivity contribution in [2.75, 3.05) is 33.0 Å². The molecule has 0 radical (unpaired) electrons. The van der Waals surface area contributed by atoms with Gasteiger partial charge >= 0.3 is 5.97 Å². The van der Waals surface area contributed by atoms with E-state index in [9.17, 15) is 14.4 Å². The van der Waals surface area contributed by atoms with Gasteiger partial charge in [-0.15, -0.1) is 0 Å². The summed E-state index contributed by atoms with van der Waals surface area (Å²) in [5.74, 6) is -0.955. The van der Waals surface area contributed by atoms with E-state index in [4.69, 9.17) is 14.6 Å². The van der Waals surface area contributed by atoms with Gasteiger partial charge in [0.25, 0.3) is 0 Å². The molecular formula is C30H57NO6.